The number of ether oxygens (including phenoxy) is 1. The second-order valence-electron chi connectivity index (χ2n) is 8.67. The molecule has 0 spiro atoms. The van der Waals surface area contributed by atoms with Crippen LogP contribution in [-0.2, 0) is 4.74 Å². The van der Waals surface area contributed by atoms with Crippen LogP contribution in [0.15, 0.2) is 42.9 Å². The van der Waals surface area contributed by atoms with E-state index in [0.29, 0.717) is 30.4 Å². The number of alkyl halides is 2. The number of likely N-dealkylation sites (tertiary alicyclic amines) is 1. The van der Waals surface area contributed by atoms with Crippen molar-refractivity contribution in [2.45, 2.75) is 18.8 Å². The Balaban J connectivity index is 1.27. The number of aromatic nitrogens is 5. The minimum Gasteiger partial charge on any atom is -0.378 e. The topological polar surface area (TPSA) is 80.8 Å². The van der Waals surface area contributed by atoms with E-state index in [2.05, 4.69) is 20.0 Å². The lowest BCUT2D eigenvalue weighted by atomic mass is 10.1. The molecule has 9 nitrogen and oxygen atoms in total. The van der Waals surface area contributed by atoms with Gasteiger partial charge in [0, 0.05) is 69.1 Å². The van der Waals surface area contributed by atoms with Crippen LogP contribution in [-0.4, -0.2) is 80.3 Å². The highest BCUT2D eigenvalue weighted by atomic mass is 19.3. The minimum absolute atomic E-state index is 0.0513. The van der Waals surface area contributed by atoms with Gasteiger partial charge in [-0.2, -0.15) is 4.98 Å². The van der Waals surface area contributed by atoms with E-state index in [1.807, 2.05) is 35.2 Å². The van der Waals surface area contributed by atoms with Gasteiger partial charge in [0.2, 0.25) is 5.95 Å². The Morgan fingerprint density at radius 2 is 1.82 bits per heavy atom. The SMILES string of the molecule is O=C(c1cnc2c(ccn2-c2ccn3nc(N4CCOCC4)nc3c2)c1)N1CCC(F)(F)CC1. The fourth-order valence-electron chi connectivity index (χ4n) is 4.48. The normalized spacial score (nSPS) is 18.6. The Morgan fingerprint density at radius 1 is 1.03 bits per heavy atom. The van der Waals surface area contributed by atoms with Crippen molar-refractivity contribution >= 4 is 28.5 Å². The summed E-state index contributed by atoms with van der Waals surface area (Å²) in [6.07, 6.45) is 4.66. The van der Waals surface area contributed by atoms with E-state index in [-0.39, 0.29) is 31.8 Å². The molecule has 0 aliphatic carbocycles. The molecule has 2 saturated heterocycles. The molecule has 0 N–H and O–H groups in total. The van der Waals surface area contributed by atoms with Gasteiger partial charge in [0.15, 0.2) is 5.65 Å². The molecule has 2 fully saturated rings. The number of nitrogens with zero attached hydrogens (tertiary/aromatic N) is 7. The third-order valence-electron chi connectivity index (χ3n) is 6.44. The van der Waals surface area contributed by atoms with E-state index in [1.165, 1.54) is 11.1 Å². The molecule has 0 radical (unpaired) electrons. The molecule has 0 saturated carbocycles. The molecule has 34 heavy (non-hydrogen) atoms. The van der Waals surface area contributed by atoms with Gasteiger partial charge in [-0.25, -0.2) is 18.3 Å². The number of carbonyl (C=O) groups excluding carboxylic acids is 1. The van der Waals surface area contributed by atoms with Crippen molar-refractivity contribution < 1.29 is 18.3 Å². The van der Waals surface area contributed by atoms with Gasteiger partial charge < -0.3 is 19.1 Å². The summed E-state index contributed by atoms with van der Waals surface area (Å²) < 4.78 is 35.9. The molecule has 176 valence electrons. The smallest absolute Gasteiger partial charge is 0.255 e. The van der Waals surface area contributed by atoms with E-state index in [9.17, 15) is 13.6 Å². The van der Waals surface area contributed by atoms with E-state index < -0.39 is 5.92 Å². The number of pyridine rings is 2. The maximum absolute atomic E-state index is 13.4. The second-order valence-corrected chi connectivity index (χ2v) is 8.67. The summed E-state index contributed by atoms with van der Waals surface area (Å²) in [6.45, 7) is 2.95. The van der Waals surface area contributed by atoms with Crippen molar-refractivity contribution in [3.8, 4) is 5.69 Å². The number of halogens is 2. The molecule has 2 aliphatic rings. The number of piperidine rings is 1. The molecule has 6 rings (SSSR count). The minimum atomic E-state index is -2.69. The quantitative estimate of drug-likeness (QED) is 0.461. The number of anilines is 1. The molecule has 2 aliphatic heterocycles. The van der Waals surface area contributed by atoms with Crippen LogP contribution in [0.4, 0.5) is 14.7 Å². The van der Waals surface area contributed by atoms with Gasteiger partial charge in [-0.15, -0.1) is 5.10 Å². The number of carbonyl (C=O) groups is 1. The van der Waals surface area contributed by atoms with Gasteiger partial charge in [0.1, 0.15) is 5.65 Å². The Hall–Kier alpha value is -3.60. The van der Waals surface area contributed by atoms with Gasteiger partial charge in [-0.3, -0.25) is 4.79 Å². The maximum Gasteiger partial charge on any atom is 0.255 e. The van der Waals surface area contributed by atoms with Gasteiger partial charge in [0.05, 0.1) is 24.5 Å². The zero-order valence-electron chi connectivity index (χ0n) is 18.4. The zero-order chi connectivity index (χ0) is 23.3. The second kappa shape index (κ2) is 8.01. The number of hydrogen-bond acceptors (Lipinski definition) is 6. The first-order valence-electron chi connectivity index (χ1n) is 11.3. The predicted octanol–water partition coefficient (Wildman–Crippen LogP) is 2.78. The molecule has 0 atom stereocenters. The Kier molecular flexibility index (Phi) is 4.94. The van der Waals surface area contributed by atoms with Crippen LogP contribution in [0.3, 0.4) is 0 Å². The van der Waals surface area contributed by atoms with Crippen LogP contribution in [0, 0.1) is 0 Å². The van der Waals surface area contributed by atoms with Crippen molar-refractivity contribution in [3.05, 3.63) is 48.4 Å². The van der Waals surface area contributed by atoms with Crippen molar-refractivity contribution in [1.82, 2.24) is 29.0 Å². The van der Waals surface area contributed by atoms with Crippen LogP contribution in [0.1, 0.15) is 23.2 Å². The van der Waals surface area contributed by atoms with Gasteiger partial charge in [-0.05, 0) is 18.2 Å². The number of rotatable bonds is 3. The monoisotopic (exact) mass is 467 g/mol. The van der Waals surface area contributed by atoms with Gasteiger partial charge in [0.25, 0.3) is 11.8 Å². The number of hydrogen-bond donors (Lipinski definition) is 0. The summed E-state index contributed by atoms with van der Waals surface area (Å²) in [5.74, 6) is -2.28. The lowest BCUT2D eigenvalue weighted by Crippen LogP contribution is -2.42. The standard InChI is InChI=1S/C23H23F2N7O2/c24-23(25)3-7-29(8-4-23)21(33)17-13-16-1-5-31(20(16)26-15-17)18-2-6-32-19(14-18)27-22(28-32)30-9-11-34-12-10-30/h1-2,5-6,13-15H,3-4,7-12H2. The molecule has 1 amide bonds. The fourth-order valence-corrected chi connectivity index (χ4v) is 4.48. The average molecular weight is 467 g/mol. The first kappa shape index (κ1) is 21.0. The zero-order valence-corrected chi connectivity index (χ0v) is 18.4. The summed E-state index contributed by atoms with van der Waals surface area (Å²) in [7, 11) is 0. The van der Waals surface area contributed by atoms with Gasteiger partial charge >= 0.3 is 0 Å². The first-order valence-corrected chi connectivity index (χ1v) is 11.3. The molecular formula is C23H23F2N7O2. The van der Waals surface area contributed by atoms with E-state index in [0.717, 1.165) is 29.8 Å². The lowest BCUT2D eigenvalue weighted by Gasteiger charge is -2.31. The Bertz CT molecular complexity index is 1370. The van der Waals surface area contributed by atoms with Gasteiger partial charge in [-0.1, -0.05) is 0 Å². The third-order valence-corrected chi connectivity index (χ3v) is 6.44. The van der Waals surface area contributed by atoms with Crippen molar-refractivity contribution in [2.24, 2.45) is 0 Å². The maximum atomic E-state index is 13.4. The van der Waals surface area contributed by atoms with Crippen molar-refractivity contribution in [1.29, 1.82) is 0 Å². The number of fused-ring (bicyclic) bond motifs is 2. The molecule has 6 heterocycles. The molecule has 4 aromatic rings. The summed E-state index contributed by atoms with van der Waals surface area (Å²) in [4.78, 5) is 25.6. The summed E-state index contributed by atoms with van der Waals surface area (Å²) in [5, 5.41) is 5.36. The lowest BCUT2D eigenvalue weighted by molar-refractivity contribution is -0.0494. The average Bonchev–Trinajstić information content (AvgIpc) is 3.47. The van der Waals surface area contributed by atoms with Crippen LogP contribution in [0.25, 0.3) is 22.4 Å². The highest BCUT2D eigenvalue weighted by molar-refractivity contribution is 5.97. The Morgan fingerprint density at radius 3 is 2.62 bits per heavy atom. The van der Waals surface area contributed by atoms with Crippen LogP contribution < -0.4 is 4.90 Å². The fraction of sp³-hybridized carbons (Fsp3) is 0.391. The molecule has 0 aromatic carbocycles. The largest absolute Gasteiger partial charge is 0.378 e. The van der Waals surface area contributed by atoms with Crippen molar-refractivity contribution in [2.75, 3.05) is 44.3 Å². The summed E-state index contributed by atoms with van der Waals surface area (Å²) in [6, 6.07) is 7.51. The predicted molar refractivity (Wildman–Crippen MR) is 121 cm³/mol. The highest BCUT2D eigenvalue weighted by Gasteiger charge is 2.35. The van der Waals surface area contributed by atoms with Crippen LogP contribution in [0.5, 0.6) is 0 Å². The number of amides is 1. The molecule has 0 bridgehead atoms. The van der Waals surface area contributed by atoms with Crippen molar-refractivity contribution in [3.63, 3.8) is 0 Å². The number of morpholine rings is 1. The first-order chi connectivity index (χ1) is 16.5. The van der Waals surface area contributed by atoms with Crippen LogP contribution in [0.2, 0.25) is 0 Å². The Labute approximate surface area is 193 Å². The van der Waals surface area contributed by atoms with E-state index >= 15 is 0 Å². The van der Waals surface area contributed by atoms with E-state index in [4.69, 9.17) is 4.74 Å². The molecule has 4 aromatic heterocycles. The summed E-state index contributed by atoms with van der Waals surface area (Å²) >= 11 is 0. The van der Waals surface area contributed by atoms with E-state index in [1.54, 1.807) is 10.6 Å². The molecular weight excluding hydrogens is 444 g/mol. The summed E-state index contributed by atoms with van der Waals surface area (Å²) in [5.41, 5.74) is 2.68. The molecule has 0 unspecified atom stereocenters. The highest BCUT2D eigenvalue weighted by Crippen LogP contribution is 2.29. The van der Waals surface area contributed by atoms with Crippen LogP contribution >= 0.6 is 0 Å². The third kappa shape index (κ3) is 3.75. The molecule has 11 heteroatoms.